The molecule has 106 valence electrons. The molecule has 0 bridgehead atoms. The molecule has 0 amide bonds. The van der Waals surface area contributed by atoms with Gasteiger partial charge in [0.25, 0.3) is 0 Å². The van der Waals surface area contributed by atoms with Crippen molar-refractivity contribution in [3.63, 3.8) is 0 Å². The lowest BCUT2D eigenvalue weighted by molar-refractivity contribution is 0.297. The van der Waals surface area contributed by atoms with Crippen LogP contribution in [0.1, 0.15) is 29.3 Å². The van der Waals surface area contributed by atoms with Crippen molar-refractivity contribution in [2.24, 2.45) is 0 Å². The van der Waals surface area contributed by atoms with Gasteiger partial charge in [0.15, 0.2) is 0 Å². The first-order chi connectivity index (χ1) is 9.61. The maximum Gasteiger partial charge on any atom is 0.130 e. The Morgan fingerprint density at radius 3 is 2.60 bits per heavy atom. The van der Waals surface area contributed by atoms with Crippen LogP contribution < -0.4 is 10.1 Å². The predicted octanol–water partition coefficient (Wildman–Crippen LogP) is 4.02. The molecule has 20 heavy (non-hydrogen) atoms. The number of aromatic nitrogens is 1. The minimum absolute atomic E-state index is 0.490. The second kappa shape index (κ2) is 6.42. The van der Waals surface area contributed by atoms with Crippen molar-refractivity contribution in [3.05, 3.63) is 52.8 Å². The van der Waals surface area contributed by atoms with Crippen molar-refractivity contribution in [1.29, 1.82) is 0 Å². The second-order valence-electron chi connectivity index (χ2n) is 5.01. The first-order valence-electron chi connectivity index (χ1n) is 7.00. The van der Waals surface area contributed by atoms with Crippen molar-refractivity contribution < 1.29 is 4.74 Å². The van der Waals surface area contributed by atoms with Gasteiger partial charge in [0.1, 0.15) is 12.4 Å². The van der Waals surface area contributed by atoms with E-state index in [1.54, 1.807) is 0 Å². The van der Waals surface area contributed by atoms with Gasteiger partial charge >= 0.3 is 0 Å². The minimum Gasteiger partial charge on any atom is -0.487 e. The molecule has 1 aromatic heterocycles. The molecule has 3 heteroatoms. The zero-order valence-electron chi connectivity index (χ0n) is 12.7. The van der Waals surface area contributed by atoms with Gasteiger partial charge in [-0.3, -0.25) is 4.98 Å². The lowest BCUT2D eigenvalue weighted by Crippen LogP contribution is -2.03. The van der Waals surface area contributed by atoms with Gasteiger partial charge in [-0.1, -0.05) is 12.1 Å². The molecule has 2 aromatic rings. The monoisotopic (exact) mass is 270 g/mol. The number of rotatable bonds is 5. The molecular weight excluding hydrogens is 248 g/mol. The maximum absolute atomic E-state index is 5.98. The number of nitrogens with one attached hydrogen (secondary N) is 1. The average Bonchev–Trinajstić information content (AvgIpc) is 2.44. The molecule has 0 radical (unpaired) electrons. The number of benzene rings is 1. The van der Waals surface area contributed by atoms with Crippen LogP contribution in [-0.2, 0) is 6.61 Å². The number of hydrogen-bond acceptors (Lipinski definition) is 3. The average molecular weight is 270 g/mol. The van der Waals surface area contributed by atoms with E-state index in [9.17, 15) is 0 Å². The van der Waals surface area contributed by atoms with Crippen molar-refractivity contribution >= 4 is 5.69 Å². The summed E-state index contributed by atoms with van der Waals surface area (Å²) in [5.74, 6) is 0.973. The van der Waals surface area contributed by atoms with Crippen LogP contribution in [0, 0.1) is 20.8 Å². The highest BCUT2D eigenvalue weighted by Crippen LogP contribution is 2.26. The van der Waals surface area contributed by atoms with Crippen LogP contribution in [0.5, 0.6) is 5.75 Å². The van der Waals surface area contributed by atoms with E-state index in [0.29, 0.717) is 6.61 Å². The van der Waals surface area contributed by atoms with E-state index in [0.717, 1.165) is 29.2 Å². The third-order valence-corrected chi connectivity index (χ3v) is 3.44. The van der Waals surface area contributed by atoms with E-state index in [2.05, 4.69) is 50.1 Å². The third kappa shape index (κ3) is 3.29. The second-order valence-corrected chi connectivity index (χ2v) is 5.01. The highest BCUT2D eigenvalue weighted by Gasteiger charge is 2.07. The topological polar surface area (TPSA) is 34.2 Å². The number of nitrogens with zero attached hydrogens (tertiary/aromatic N) is 1. The first-order valence-corrected chi connectivity index (χ1v) is 7.00. The summed E-state index contributed by atoms with van der Waals surface area (Å²) in [5, 5.41) is 3.28. The summed E-state index contributed by atoms with van der Waals surface area (Å²) in [6.07, 6.45) is 1.81. The van der Waals surface area contributed by atoms with Crippen LogP contribution in [-0.4, -0.2) is 11.5 Å². The summed E-state index contributed by atoms with van der Waals surface area (Å²) in [4.78, 5) is 4.35. The molecule has 2 rings (SSSR count). The van der Waals surface area contributed by atoms with Gasteiger partial charge in [0.2, 0.25) is 0 Å². The Morgan fingerprint density at radius 1 is 1.10 bits per heavy atom. The smallest absolute Gasteiger partial charge is 0.130 e. The summed E-state index contributed by atoms with van der Waals surface area (Å²) >= 11 is 0. The molecule has 0 aliphatic heterocycles. The molecule has 3 nitrogen and oxygen atoms in total. The molecule has 0 atom stereocenters. The molecule has 0 spiro atoms. The summed E-state index contributed by atoms with van der Waals surface area (Å²) < 4.78 is 5.98. The predicted molar refractivity (Wildman–Crippen MR) is 83.4 cm³/mol. The minimum atomic E-state index is 0.490. The fourth-order valence-electron chi connectivity index (χ4n) is 2.16. The van der Waals surface area contributed by atoms with Crippen LogP contribution >= 0.6 is 0 Å². The van der Waals surface area contributed by atoms with Crippen LogP contribution in [0.15, 0.2) is 30.5 Å². The van der Waals surface area contributed by atoms with Gasteiger partial charge in [-0.15, -0.1) is 0 Å². The highest BCUT2D eigenvalue weighted by atomic mass is 16.5. The summed E-state index contributed by atoms with van der Waals surface area (Å²) in [7, 11) is 0. The number of anilines is 1. The van der Waals surface area contributed by atoms with Gasteiger partial charge in [0.05, 0.1) is 5.69 Å². The van der Waals surface area contributed by atoms with Gasteiger partial charge in [-0.2, -0.15) is 0 Å². The summed E-state index contributed by atoms with van der Waals surface area (Å²) in [5.41, 5.74) is 5.63. The van der Waals surface area contributed by atoms with E-state index in [4.69, 9.17) is 4.74 Å². The SMILES string of the molecule is CCNc1ccnc(COc2c(C)ccc(C)c2C)c1. The van der Waals surface area contributed by atoms with Crippen LogP contribution in [0.4, 0.5) is 5.69 Å². The zero-order chi connectivity index (χ0) is 14.5. The lowest BCUT2D eigenvalue weighted by atomic mass is 10.1. The normalized spacial score (nSPS) is 10.4. The Hall–Kier alpha value is -2.03. The van der Waals surface area contributed by atoms with Crippen molar-refractivity contribution in [2.45, 2.75) is 34.3 Å². The van der Waals surface area contributed by atoms with Gasteiger partial charge in [-0.25, -0.2) is 0 Å². The lowest BCUT2D eigenvalue weighted by Gasteiger charge is -2.14. The van der Waals surface area contributed by atoms with Crippen LogP contribution in [0.25, 0.3) is 0 Å². The fraction of sp³-hybridized carbons (Fsp3) is 0.353. The molecule has 0 aliphatic carbocycles. The van der Waals surface area contributed by atoms with Gasteiger partial charge in [0, 0.05) is 18.4 Å². The Bertz CT molecular complexity index is 594. The number of pyridine rings is 1. The van der Waals surface area contributed by atoms with Crippen LogP contribution in [0.3, 0.4) is 0 Å². The van der Waals surface area contributed by atoms with Crippen molar-refractivity contribution in [2.75, 3.05) is 11.9 Å². The van der Waals surface area contributed by atoms with Crippen LogP contribution in [0.2, 0.25) is 0 Å². The van der Waals surface area contributed by atoms with Crippen molar-refractivity contribution in [1.82, 2.24) is 4.98 Å². The summed E-state index contributed by atoms with van der Waals surface area (Å²) in [6.45, 7) is 9.75. The molecule has 0 saturated carbocycles. The van der Waals surface area contributed by atoms with E-state index < -0.39 is 0 Å². The Morgan fingerprint density at radius 2 is 1.85 bits per heavy atom. The maximum atomic E-state index is 5.98. The molecule has 0 fully saturated rings. The Labute approximate surface area is 121 Å². The van der Waals surface area contributed by atoms with Crippen molar-refractivity contribution in [3.8, 4) is 5.75 Å². The molecule has 0 unspecified atom stereocenters. The highest BCUT2D eigenvalue weighted by molar-refractivity contribution is 5.45. The molecule has 1 aromatic carbocycles. The number of hydrogen-bond donors (Lipinski definition) is 1. The standard InChI is InChI=1S/C17H22N2O/c1-5-18-15-8-9-19-16(10-15)11-20-17-13(3)7-6-12(2)14(17)4/h6-10H,5,11H2,1-4H3,(H,18,19). The Balaban J connectivity index is 2.13. The molecule has 0 saturated heterocycles. The molecule has 0 aliphatic rings. The molecular formula is C17H22N2O. The van der Waals surface area contributed by atoms with Gasteiger partial charge < -0.3 is 10.1 Å². The Kier molecular flexibility index (Phi) is 4.61. The zero-order valence-corrected chi connectivity index (χ0v) is 12.7. The largest absolute Gasteiger partial charge is 0.487 e. The van der Waals surface area contributed by atoms with E-state index >= 15 is 0 Å². The molecule has 1 N–H and O–H groups in total. The fourth-order valence-corrected chi connectivity index (χ4v) is 2.16. The van der Waals surface area contributed by atoms with E-state index in [1.165, 1.54) is 11.1 Å². The third-order valence-electron chi connectivity index (χ3n) is 3.44. The summed E-state index contributed by atoms with van der Waals surface area (Å²) in [6, 6.07) is 8.22. The quantitative estimate of drug-likeness (QED) is 0.891. The van der Waals surface area contributed by atoms with E-state index in [-0.39, 0.29) is 0 Å². The number of ether oxygens (including phenoxy) is 1. The first kappa shape index (κ1) is 14.4. The number of aryl methyl sites for hydroxylation is 2. The van der Waals surface area contributed by atoms with E-state index in [1.807, 2.05) is 18.3 Å². The van der Waals surface area contributed by atoms with Gasteiger partial charge in [-0.05, 0) is 56.5 Å². The molecule has 1 heterocycles.